The molecule has 1 aromatic rings. The molecule has 0 bridgehead atoms. The number of rotatable bonds is 2. The Morgan fingerprint density at radius 2 is 2.17 bits per heavy atom. The van der Waals surface area contributed by atoms with Crippen LogP contribution < -0.4 is 0 Å². The Labute approximate surface area is 107 Å². The second-order valence-electron chi connectivity index (χ2n) is 5.12. The minimum absolute atomic E-state index is 0.0110. The van der Waals surface area contributed by atoms with Gasteiger partial charge in [0.1, 0.15) is 5.82 Å². The van der Waals surface area contributed by atoms with Gasteiger partial charge in [-0.2, -0.15) is 0 Å². The maximum Gasteiger partial charge on any atom is 0.254 e. The number of hydrogen-bond acceptors (Lipinski definition) is 2. The molecule has 1 aliphatic rings. The molecule has 0 radical (unpaired) electrons. The Balaban J connectivity index is 2.13. The lowest BCUT2D eigenvalue weighted by atomic mass is 10.1. The highest BCUT2D eigenvalue weighted by molar-refractivity contribution is 5.95. The quantitative estimate of drug-likeness (QED) is 0.800. The summed E-state index contributed by atoms with van der Waals surface area (Å²) in [5.74, 6) is -0.284. The van der Waals surface area contributed by atoms with Gasteiger partial charge in [0.25, 0.3) is 5.91 Å². The number of amides is 1. The molecule has 1 amide bonds. The zero-order valence-electron chi connectivity index (χ0n) is 11.1. The van der Waals surface area contributed by atoms with Crippen LogP contribution in [0.15, 0.2) is 18.2 Å². The van der Waals surface area contributed by atoms with Crippen LogP contribution in [0.2, 0.25) is 0 Å². The summed E-state index contributed by atoms with van der Waals surface area (Å²) >= 11 is 0. The molecule has 2 rings (SSSR count). The van der Waals surface area contributed by atoms with Gasteiger partial charge in [-0.15, -0.1) is 0 Å². The number of hydrogen-bond donors (Lipinski definition) is 0. The Morgan fingerprint density at radius 3 is 2.72 bits per heavy atom. The third kappa shape index (κ3) is 2.53. The minimum Gasteiger partial charge on any atom is -0.337 e. The Bertz CT molecular complexity index is 459. The van der Waals surface area contributed by atoms with E-state index in [1.165, 1.54) is 12.1 Å². The maximum atomic E-state index is 13.0. The van der Waals surface area contributed by atoms with Crippen molar-refractivity contribution in [1.29, 1.82) is 0 Å². The Hall–Kier alpha value is -1.42. The van der Waals surface area contributed by atoms with Gasteiger partial charge in [0.2, 0.25) is 0 Å². The molecular formula is C14H19FN2O. The van der Waals surface area contributed by atoms with Crippen molar-refractivity contribution in [3.05, 3.63) is 35.1 Å². The average Bonchev–Trinajstić information content (AvgIpc) is 2.77. The molecule has 1 fully saturated rings. The van der Waals surface area contributed by atoms with Gasteiger partial charge in [-0.05, 0) is 51.2 Å². The van der Waals surface area contributed by atoms with E-state index >= 15 is 0 Å². The van der Waals surface area contributed by atoms with Crippen LogP contribution in [0, 0.1) is 12.7 Å². The van der Waals surface area contributed by atoms with E-state index < -0.39 is 0 Å². The molecule has 0 N–H and O–H groups in total. The average molecular weight is 250 g/mol. The number of likely N-dealkylation sites (N-methyl/N-ethyl adjacent to an activating group) is 1. The van der Waals surface area contributed by atoms with Crippen molar-refractivity contribution >= 4 is 5.91 Å². The Morgan fingerprint density at radius 1 is 1.44 bits per heavy atom. The summed E-state index contributed by atoms with van der Waals surface area (Å²) in [6, 6.07) is 4.76. The van der Waals surface area contributed by atoms with E-state index in [2.05, 4.69) is 4.90 Å². The smallest absolute Gasteiger partial charge is 0.254 e. The van der Waals surface area contributed by atoms with Crippen LogP contribution in [0.25, 0.3) is 0 Å². The van der Waals surface area contributed by atoms with Gasteiger partial charge in [-0.3, -0.25) is 4.79 Å². The van der Waals surface area contributed by atoms with Crippen molar-refractivity contribution in [2.75, 3.05) is 27.2 Å². The van der Waals surface area contributed by atoms with E-state index in [0.29, 0.717) is 17.2 Å². The van der Waals surface area contributed by atoms with Gasteiger partial charge < -0.3 is 9.80 Å². The first-order chi connectivity index (χ1) is 8.49. The first kappa shape index (κ1) is 13.0. The zero-order chi connectivity index (χ0) is 13.3. The van der Waals surface area contributed by atoms with Crippen LogP contribution in [0.4, 0.5) is 4.39 Å². The fourth-order valence-corrected chi connectivity index (χ4v) is 2.39. The molecule has 1 saturated heterocycles. The molecule has 1 unspecified atom stereocenters. The van der Waals surface area contributed by atoms with Gasteiger partial charge >= 0.3 is 0 Å². The van der Waals surface area contributed by atoms with Gasteiger partial charge in [0.15, 0.2) is 0 Å². The van der Waals surface area contributed by atoms with Gasteiger partial charge in [-0.25, -0.2) is 4.39 Å². The van der Waals surface area contributed by atoms with Gasteiger partial charge in [-0.1, -0.05) is 0 Å². The molecule has 0 spiro atoms. The van der Waals surface area contributed by atoms with Crippen molar-refractivity contribution in [3.63, 3.8) is 0 Å². The number of aryl methyl sites for hydroxylation is 1. The summed E-state index contributed by atoms with van der Waals surface area (Å²) in [4.78, 5) is 16.3. The number of nitrogens with zero attached hydrogens (tertiary/aromatic N) is 2. The molecular weight excluding hydrogens is 231 g/mol. The van der Waals surface area contributed by atoms with E-state index in [1.807, 2.05) is 19.0 Å². The second-order valence-corrected chi connectivity index (χ2v) is 5.12. The van der Waals surface area contributed by atoms with E-state index in [9.17, 15) is 9.18 Å². The van der Waals surface area contributed by atoms with Crippen molar-refractivity contribution in [3.8, 4) is 0 Å². The first-order valence-electron chi connectivity index (χ1n) is 6.21. The summed E-state index contributed by atoms with van der Waals surface area (Å²) in [6.07, 6.45) is 0.999. The molecule has 3 nitrogen and oxygen atoms in total. The fourth-order valence-electron chi connectivity index (χ4n) is 2.39. The number of likely N-dealkylation sites (tertiary alicyclic amines) is 1. The van der Waals surface area contributed by atoms with Crippen LogP contribution in [-0.2, 0) is 0 Å². The van der Waals surface area contributed by atoms with Crippen LogP contribution >= 0.6 is 0 Å². The molecule has 1 aliphatic heterocycles. The minimum atomic E-state index is -0.295. The number of carbonyl (C=O) groups is 1. The predicted octanol–water partition coefficient (Wildman–Crippen LogP) is 1.91. The maximum absolute atomic E-state index is 13.0. The van der Waals surface area contributed by atoms with E-state index in [0.717, 1.165) is 19.5 Å². The molecule has 1 atom stereocenters. The second kappa shape index (κ2) is 5.06. The van der Waals surface area contributed by atoms with Gasteiger partial charge in [0.05, 0.1) is 0 Å². The topological polar surface area (TPSA) is 23.6 Å². The zero-order valence-corrected chi connectivity index (χ0v) is 11.1. The van der Waals surface area contributed by atoms with Crippen LogP contribution in [0.3, 0.4) is 0 Å². The molecule has 98 valence electrons. The molecule has 1 aromatic carbocycles. The third-order valence-electron chi connectivity index (χ3n) is 3.60. The van der Waals surface area contributed by atoms with E-state index in [-0.39, 0.29) is 11.7 Å². The highest BCUT2D eigenvalue weighted by Crippen LogP contribution is 2.18. The van der Waals surface area contributed by atoms with Crippen LogP contribution in [0.1, 0.15) is 22.3 Å². The summed E-state index contributed by atoms with van der Waals surface area (Å²) in [6.45, 7) is 3.30. The molecule has 18 heavy (non-hydrogen) atoms. The number of halogens is 1. The molecule has 4 heteroatoms. The fraction of sp³-hybridized carbons (Fsp3) is 0.500. The normalized spacial score (nSPS) is 19.6. The van der Waals surface area contributed by atoms with Crippen molar-refractivity contribution in [1.82, 2.24) is 9.80 Å². The summed E-state index contributed by atoms with van der Waals surface area (Å²) in [5, 5.41) is 0. The van der Waals surface area contributed by atoms with E-state index in [1.54, 1.807) is 13.0 Å². The Kier molecular flexibility index (Phi) is 3.66. The molecule has 0 aliphatic carbocycles. The first-order valence-corrected chi connectivity index (χ1v) is 6.21. The molecule has 1 heterocycles. The molecule has 0 saturated carbocycles. The van der Waals surface area contributed by atoms with Gasteiger partial charge in [0, 0.05) is 24.7 Å². The van der Waals surface area contributed by atoms with Crippen molar-refractivity contribution in [2.45, 2.75) is 19.4 Å². The number of carbonyl (C=O) groups excluding carboxylic acids is 1. The van der Waals surface area contributed by atoms with Crippen LogP contribution in [0.5, 0.6) is 0 Å². The highest BCUT2D eigenvalue weighted by atomic mass is 19.1. The molecule has 0 aromatic heterocycles. The lowest BCUT2D eigenvalue weighted by Crippen LogP contribution is -2.34. The number of benzene rings is 1. The van der Waals surface area contributed by atoms with E-state index in [4.69, 9.17) is 0 Å². The third-order valence-corrected chi connectivity index (χ3v) is 3.60. The predicted molar refractivity (Wildman–Crippen MR) is 69.1 cm³/mol. The van der Waals surface area contributed by atoms with Crippen LogP contribution in [-0.4, -0.2) is 48.9 Å². The van der Waals surface area contributed by atoms with Crippen molar-refractivity contribution in [2.24, 2.45) is 0 Å². The highest BCUT2D eigenvalue weighted by Gasteiger charge is 2.28. The summed E-state index contributed by atoms with van der Waals surface area (Å²) in [5.41, 5.74) is 1.31. The summed E-state index contributed by atoms with van der Waals surface area (Å²) in [7, 11) is 4.06. The lowest BCUT2D eigenvalue weighted by molar-refractivity contribution is 0.0782. The summed E-state index contributed by atoms with van der Waals surface area (Å²) < 4.78 is 13.0. The largest absolute Gasteiger partial charge is 0.337 e. The standard InChI is InChI=1S/C14H19FN2O/c1-10-8-11(15)4-5-13(10)14(18)17-7-6-12(9-17)16(2)3/h4-5,8,12H,6-7,9H2,1-3H3. The SMILES string of the molecule is Cc1cc(F)ccc1C(=O)N1CCC(N(C)C)C1. The monoisotopic (exact) mass is 250 g/mol. The lowest BCUT2D eigenvalue weighted by Gasteiger charge is -2.21. The van der Waals surface area contributed by atoms with Crippen molar-refractivity contribution < 1.29 is 9.18 Å².